The van der Waals surface area contributed by atoms with Crippen molar-refractivity contribution in [1.82, 2.24) is 4.90 Å². The van der Waals surface area contributed by atoms with Gasteiger partial charge in [-0.1, -0.05) is 18.2 Å². The minimum absolute atomic E-state index is 0.00675. The summed E-state index contributed by atoms with van der Waals surface area (Å²) < 4.78 is 6.30. The van der Waals surface area contributed by atoms with E-state index in [2.05, 4.69) is 4.90 Å². The van der Waals surface area contributed by atoms with Crippen molar-refractivity contribution >= 4 is 11.6 Å². The van der Waals surface area contributed by atoms with Crippen LogP contribution in [0, 0.1) is 5.92 Å². The Morgan fingerprint density at radius 1 is 1.25 bits per heavy atom. The zero-order valence-electron chi connectivity index (χ0n) is 14.6. The number of hydrogen-bond donors (Lipinski definition) is 0. The molecule has 1 unspecified atom stereocenters. The van der Waals surface area contributed by atoms with E-state index in [1.54, 1.807) is 6.92 Å². The lowest BCUT2D eigenvalue weighted by Gasteiger charge is -2.39. The largest absolute Gasteiger partial charge is 0.373 e. The van der Waals surface area contributed by atoms with Gasteiger partial charge in [0.2, 0.25) is 5.91 Å². The van der Waals surface area contributed by atoms with Crippen molar-refractivity contribution in [2.45, 2.75) is 50.7 Å². The number of benzene rings is 1. The molecule has 2 heterocycles. The number of piperidine rings is 1. The first-order valence-corrected chi connectivity index (χ1v) is 9.36. The summed E-state index contributed by atoms with van der Waals surface area (Å²) in [6, 6.07) is 10.2. The fraction of sp³-hybridized carbons (Fsp3) is 0.650. The summed E-state index contributed by atoms with van der Waals surface area (Å²) in [7, 11) is 0. The molecule has 1 spiro atoms. The fourth-order valence-corrected chi connectivity index (χ4v) is 4.38. The van der Waals surface area contributed by atoms with Crippen molar-refractivity contribution in [2.24, 2.45) is 5.92 Å². The number of nitrogens with zero attached hydrogens (tertiary/aromatic N) is 2. The predicted molar refractivity (Wildman–Crippen MR) is 95.1 cm³/mol. The maximum atomic E-state index is 12.2. The van der Waals surface area contributed by atoms with Gasteiger partial charge in [-0.25, -0.2) is 0 Å². The average molecular weight is 328 g/mol. The smallest absolute Gasteiger partial charge is 0.224 e. The Bertz CT molecular complexity index is 577. The van der Waals surface area contributed by atoms with Crippen molar-refractivity contribution in [3.05, 3.63) is 30.3 Å². The molecule has 0 radical (unpaired) electrons. The Labute approximate surface area is 144 Å². The highest BCUT2D eigenvalue weighted by molar-refractivity contribution is 5.92. The lowest BCUT2D eigenvalue weighted by molar-refractivity contribution is -0.117. The van der Waals surface area contributed by atoms with Crippen LogP contribution in [0.4, 0.5) is 5.69 Å². The minimum Gasteiger partial charge on any atom is -0.373 e. The van der Waals surface area contributed by atoms with Gasteiger partial charge in [0, 0.05) is 32.2 Å². The van der Waals surface area contributed by atoms with Gasteiger partial charge >= 0.3 is 0 Å². The molecule has 4 nitrogen and oxygen atoms in total. The molecule has 130 valence electrons. The Kier molecular flexibility index (Phi) is 4.35. The van der Waals surface area contributed by atoms with Crippen LogP contribution in [0.1, 0.15) is 39.0 Å². The van der Waals surface area contributed by atoms with Crippen LogP contribution in [0.3, 0.4) is 0 Å². The molecule has 4 rings (SSSR count). The SMILES string of the molecule is CC(=O)N(c1ccccc1)C1COC2(CCN(CC3CC3)CC2)C1. The van der Waals surface area contributed by atoms with Crippen molar-refractivity contribution in [3.63, 3.8) is 0 Å². The molecular formula is C20H28N2O2. The number of ether oxygens (including phenoxy) is 1. The summed E-state index contributed by atoms with van der Waals surface area (Å²) in [6.07, 6.45) is 6.03. The number of hydrogen-bond acceptors (Lipinski definition) is 3. The number of carbonyl (C=O) groups excluding carboxylic acids is 1. The standard InChI is InChI=1S/C20H28N2O2/c1-16(23)22(18-5-3-2-4-6-18)19-13-20(24-15-19)9-11-21(12-10-20)14-17-7-8-17/h2-6,17,19H,7-15H2,1H3. The summed E-state index contributed by atoms with van der Waals surface area (Å²) >= 11 is 0. The number of carbonyl (C=O) groups is 1. The molecule has 0 bridgehead atoms. The monoisotopic (exact) mass is 328 g/mol. The van der Waals surface area contributed by atoms with E-state index in [4.69, 9.17) is 4.74 Å². The van der Waals surface area contributed by atoms with Crippen LogP contribution in [0.5, 0.6) is 0 Å². The molecule has 1 amide bonds. The summed E-state index contributed by atoms with van der Waals surface area (Å²) in [4.78, 5) is 16.8. The van der Waals surface area contributed by atoms with Gasteiger partial charge in [-0.2, -0.15) is 0 Å². The number of likely N-dealkylation sites (tertiary alicyclic amines) is 1. The van der Waals surface area contributed by atoms with Crippen molar-refractivity contribution in [1.29, 1.82) is 0 Å². The molecule has 1 aromatic rings. The molecule has 4 heteroatoms. The normalized spacial score (nSPS) is 26.6. The number of anilines is 1. The van der Waals surface area contributed by atoms with Gasteiger partial charge in [0.1, 0.15) is 0 Å². The zero-order chi connectivity index (χ0) is 16.6. The lowest BCUT2D eigenvalue weighted by Crippen LogP contribution is -2.46. The van der Waals surface area contributed by atoms with E-state index in [-0.39, 0.29) is 17.6 Å². The second kappa shape index (κ2) is 6.49. The second-order valence-electron chi connectivity index (χ2n) is 7.82. The van der Waals surface area contributed by atoms with Crippen LogP contribution >= 0.6 is 0 Å². The van der Waals surface area contributed by atoms with Crippen LogP contribution in [-0.2, 0) is 9.53 Å². The average Bonchev–Trinajstić information content (AvgIpc) is 3.32. The predicted octanol–water partition coefficient (Wildman–Crippen LogP) is 3.07. The van der Waals surface area contributed by atoms with Gasteiger partial charge in [0.05, 0.1) is 18.2 Å². The molecule has 3 aliphatic rings. The Hall–Kier alpha value is -1.39. The second-order valence-corrected chi connectivity index (χ2v) is 7.82. The molecule has 0 N–H and O–H groups in total. The lowest BCUT2D eigenvalue weighted by atomic mass is 9.87. The third-order valence-electron chi connectivity index (χ3n) is 5.91. The molecule has 2 saturated heterocycles. The first kappa shape index (κ1) is 16.1. The molecule has 1 aromatic carbocycles. The van der Waals surface area contributed by atoms with Gasteiger partial charge in [-0.05, 0) is 50.2 Å². The highest BCUT2D eigenvalue weighted by atomic mass is 16.5. The molecule has 3 fully saturated rings. The molecule has 24 heavy (non-hydrogen) atoms. The minimum atomic E-state index is -0.00675. The topological polar surface area (TPSA) is 32.8 Å². The highest BCUT2D eigenvalue weighted by Crippen LogP contribution is 2.40. The summed E-state index contributed by atoms with van der Waals surface area (Å²) in [5, 5.41) is 0. The quantitative estimate of drug-likeness (QED) is 0.851. The van der Waals surface area contributed by atoms with Gasteiger partial charge in [-0.15, -0.1) is 0 Å². The first-order chi connectivity index (χ1) is 11.7. The van der Waals surface area contributed by atoms with E-state index < -0.39 is 0 Å². The Morgan fingerprint density at radius 3 is 2.58 bits per heavy atom. The van der Waals surface area contributed by atoms with Gasteiger partial charge in [-0.3, -0.25) is 4.79 Å². The fourth-order valence-electron chi connectivity index (χ4n) is 4.38. The van der Waals surface area contributed by atoms with E-state index in [0.717, 1.165) is 44.0 Å². The van der Waals surface area contributed by atoms with Crippen LogP contribution in [0.25, 0.3) is 0 Å². The third kappa shape index (κ3) is 3.35. The highest BCUT2D eigenvalue weighted by Gasteiger charge is 2.45. The van der Waals surface area contributed by atoms with Gasteiger partial charge in [0.25, 0.3) is 0 Å². The third-order valence-corrected chi connectivity index (χ3v) is 5.91. The molecule has 1 saturated carbocycles. The molecule has 1 atom stereocenters. The van der Waals surface area contributed by atoms with E-state index >= 15 is 0 Å². The molecular weight excluding hydrogens is 300 g/mol. The Balaban J connectivity index is 1.40. The summed E-state index contributed by atoms with van der Waals surface area (Å²) in [5.74, 6) is 1.07. The molecule has 1 aliphatic carbocycles. The van der Waals surface area contributed by atoms with Crippen molar-refractivity contribution in [3.8, 4) is 0 Å². The number of para-hydroxylation sites is 1. The summed E-state index contributed by atoms with van der Waals surface area (Å²) in [6.45, 7) is 5.90. The first-order valence-electron chi connectivity index (χ1n) is 9.36. The van der Waals surface area contributed by atoms with Crippen molar-refractivity contribution < 1.29 is 9.53 Å². The van der Waals surface area contributed by atoms with Crippen LogP contribution in [0.15, 0.2) is 30.3 Å². The molecule has 0 aromatic heterocycles. The van der Waals surface area contributed by atoms with Crippen LogP contribution in [-0.4, -0.2) is 48.7 Å². The number of amides is 1. The number of rotatable bonds is 4. The van der Waals surface area contributed by atoms with Crippen LogP contribution in [0.2, 0.25) is 0 Å². The van der Waals surface area contributed by atoms with E-state index in [0.29, 0.717) is 6.61 Å². The maximum Gasteiger partial charge on any atom is 0.224 e. The Morgan fingerprint density at radius 2 is 1.96 bits per heavy atom. The van der Waals surface area contributed by atoms with Gasteiger partial charge in [0.15, 0.2) is 0 Å². The van der Waals surface area contributed by atoms with E-state index in [1.165, 1.54) is 19.4 Å². The van der Waals surface area contributed by atoms with E-state index in [9.17, 15) is 4.79 Å². The summed E-state index contributed by atoms with van der Waals surface area (Å²) in [5.41, 5.74) is 0.981. The van der Waals surface area contributed by atoms with Gasteiger partial charge < -0.3 is 14.5 Å². The van der Waals surface area contributed by atoms with Crippen LogP contribution < -0.4 is 4.90 Å². The van der Waals surface area contributed by atoms with E-state index in [1.807, 2.05) is 35.2 Å². The molecule has 2 aliphatic heterocycles. The zero-order valence-corrected chi connectivity index (χ0v) is 14.6. The maximum absolute atomic E-state index is 12.2. The van der Waals surface area contributed by atoms with Crippen molar-refractivity contribution in [2.75, 3.05) is 31.1 Å².